The maximum absolute atomic E-state index is 4.67. The molecule has 0 N–H and O–H groups in total. The third kappa shape index (κ3) is 2.89. The van der Waals surface area contributed by atoms with E-state index in [2.05, 4.69) is 119 Å². The van der Waals surface area contributed by atoms with Gasteiger partial charge < -0.3 is 0 Å². The van der Waals surface area contributed by atoms with Crippen LogP contribution in [-0.2, 0) is 0 Å². The van der Waals surface area contributed by atoms with Crippen LogP contribution in [0, 0.1) is 0 Å². The van der Waals surface area contributed by atoms with E-state index in [9.17, 15) is 0 Å². The zero-order chi connectivity index (χ0) is 22.5. The average molecular weight is 433 g/mol. The molecule has 0 saturated heterocycles. The first-order valence-electron chi connectivity index (χ1n) is 11.5. The van der Waals surface area contributed by atoms with E-state index in [0.29, 0.717) is 0 Å². The highest BCUT2D eigenvalue weighted by Gasteiger charge is 2.11. The topological polar surface area (TPSA) is 25.8 Å². The fraction of sp³-hybridized carbons (Fsp3) is 0. The molecule has 0 aliphatic rings. The van der Waals surface area contributed by atoms with Gasteiger partial charge in [0.15, 0.2) is 0 Å². The van der Waals surface area contributed by atoms with Crippen LogP contribution in [0.25, 0.3) is 65.6 Å². The normalized spacial score (nSPS) is 11.5. The van der Waals surface area contributed by atoms with E-state index in [1.807, 2.05) is 0 Å². The molecule has 0 aliphatic heterocycles. The first kappa shape index (κ1) is 19.0. The number of nitrogens with zero attached hydrogens (tertiary/aromatic N) is 2. The third-order valence-corrected chi connectivity index (χ3v) is 6.76. The lowest BCUT2D eigenvalue weighted by molar-refractivity contribution is 1.31. The summed E-state index contributed by atoms with van der Waals surface area (Å²) in [6, 6.07) is 39.1. The smallest absolute Gasteiger partial charge is 0.0971 e. The Balaban J connectivity index is 1.39. The predicted molar refractivity (Wildman–Crippen MR) is 143 cm³/mol. The number of fused-ring (bicyclic) bond motifs is 7. The number of hydrogen-bond acceptors (Lipinski definition) is 2. The maximum Gasteiger partial charge on any atom is 0.0971 e. The molecule has 7 rings (SSSR count). The molecule has 0 amide bonds. The Hall–Kier alpha value is -4.56. The predicted octanol–water partition coefficient (Wildman–Crippen LogP) is 8.42. The molecule has 0 unspecified atom stereocenters. The van der Waals surface area contributed by atoms with Gasteiger partial charge in [-0.1, -0.05) is 103 Å². The average Bonchev–Trinajstić information content (AvgIpc) is 2.93. The van der Waals surface area contributed by atoms with Gasteiger partial charge in [0.2, 0.25) is 0 Å². The van der Waals surface area contributed by atoms with E-state index in [1.54, 1.807) is 12.4 Å². The lowest BCUT2D eigenvalue weighted by Gasteiger charge is -2.11. The van der Waals surface area contributed by atoms with Crippen LogP contribution in [0.5, 0.6) is 0 Å². The third-order valence-electron chi connectivity index (χ3n) is 6.76. The second-order valence-corrected chi connectivity index (χ2v) is 8.66. The zero-order valence-corrected chi connectivity index (χ0v) is 18.4. The maximum atomic E-state index is 4.67. The van der Waals surface area contributed by atoms with Crippen molar-refractivity contribution < 1.29 is 0 Å². The summed E-state index contributed by atoms with van der Waals surface area (Å²) in [6.07, 6.45) is 3.54. The Labute approximate surface area is 197 Å². The Morgan fingerprint density at radius 3 is 1.76 bits per heavy atom. The van der Waals surface area contributed by atoms with Crippen molar-refractivity contribution in [2.45, 2.75) is 0 Å². The Bertz CT molecular complexity index is 1810. The van der Waals surface area contributed by atoms with Gasteiger partial charge in [0.05, 0.1) is 11.0 Å². The molecule has 0 radical (unpaired) electrons. The molecule has 0 bridgehead atoms. The van der Waals surface area contributed by atoms with E-state index in [4.69, 9.17) is 0 Å². The molecule has 2 heteroatoms. The molecule has 1 aromatic heterocycles. The number of aromatic nitrogens is 2. The fourth-order valence-electron chi connectivity index (χ4n) is 5.13. The van der Waals surface area contributed by atoms with Gasteiger partial charge in [-0.05, 0) is 49.9 Å². The number of benzene rings is 6. The summed E-state index contributed by atoms with van der Waals surface area (Å²) in [4.78, 5) is 9.31. The van der Waals surface area contributed by atoms with E-state index in [0.717, 1.165) is 21.8 Å². The first-order chi connectivity index (χ1) is 16.9. The SMILES string of the molecule is c1ccc2c(-c3ccc(-c4ccc5c(c4)c4ccccc4c4nccnc54)cc3)cccc2c1. The highest BCUT2D eigenvalue weighted by Crippen LogP contribution is 2.36. The van der Waals surface area contributed by atoms with E-state index < -0.39 is 0 Å². The van der Waals surface area contributed by atoms with Crippen LogP contribution in [-0.4, -0.2) is 9.97 Å². The molecule has 0 fully saturated rings. The van der Waals surface area contributed by atoms with Gasteiger partial charge in [0.1, 0.15) is 0 Å². The largest absolute Gasteiger partial charge is 0.252 e. The van der Waals surface area contributed by atoms with Crippen molar-refractivity contribution in [2.75, 3.05) is 0 Å². The molecule has 7 aromatic rings. The summed E-state index contributed by atoms with van der Waals surface area (Å²) in [6.45, 7) is 0. The molecular weight excluding hydrogens is 412 g/mol. The molecule has 1 heterocycles. The zero-order valence-electron chi connectivity index (χ0n) is 18.4. The second-order valence-electron chi connectivity index (χ2n) is 8.66. The molecule has 158 valence electrons. The monoisotopic (exact) mass is 432 g/mol. The van der Waals surface area contributed by atoms with Crippen LogP contribution in [0.1, 0.15) is 0 Å². The van der Waals surface area contributed by atoms with E-state index >= 15 is 0 Å². The van der Waals surface area contributed by atoms with Gasteiger partial charge in [-0.15, -0.1) is 0 Å². The highest BCUT2D eigenvalue weighted by atomic mass is 14.8. The molecule has 6 aromatic carbocycles. The Morgan fingerprint density at radius 1 is 0.382 bits per heavy atom. The van der Waals surface area contributed by atoms with Crippen molar-refractivity contribution >= 4 is 43.4 Å². The highest BCUT2D eigenvalue weighted by molar-refractivity contribution is 6.23. The van der Waals surface area contributed by atoms with Gasteiger partial charge in [0, 0.05) is 23.2 Å². The van der Waals surface area contributed by atoms with Crippen molar-refractivity contribution in [3.05, 3.63) is 122 Å². The Kier molecular flexibility index (Phi) is 4.18. The molecular formula is C32H20N2. The summed E-state index contributed by atoms with van der Waals surface area (Å²) in [5, 5.41) is 7.24. The van der Waals surface area contributed by atoms with Crippen LogP contribution in [0.15, 0.2) is 122 Å². The summed E-state index contributed by atoms with van der Waals surface area (Å²) in [7, 11) is 0. The van der Waals surface area contributed by atoms with Gasteiger partial charge in [-0.2, -0.15) is 0 Å². The lowest BCUT2D eigenvalue weighted by atomic mass is 9.94. The summed E-state index contributed by atoms with van der Waals surface area (Å²) in [5.74, 6) is 0. The van der Waals surface area contributed by atoms with Crippen molar-refractivity contribution in [3.8, 4) is 22.3 Å². The van der Waals surface area contributed by atoms with Crippen LogP contribution < -0.4 is 0 Å². The van der Waals surface area contributed by atoms with Gasteiger partial charge in [0.25, 0.3) is 0 Å². The minimum Gasteiger partial charge on any atom is -0.252 e. The minimum atomic E-state index is 0.953. The second kappa shape index (κ2) is 7.50. The van der Waals surface area contributed by atoms with Crippen LogP contribution >= 0.6 is 0 Å². The van der Waals surface area contributed by atoms with Crippen molar-refractivity contribution in [1.82, 2.24) is 9.97 Å². The first-order valence-corrected chi connectivity index (χ1v) is 11.5. The molecule has 0 spiro atoms. The molecule has 0 saturated carbocycles. The summed E-state index contributed by atoms with van der Waals surface area (Å²) < 4.78 is 0. The van der Waals surface area contributed by atoms with E-state index in [-0.39, 0.29) is 0 Å². The van der Waals surface area contributed by atoms with Gasteiger partial charge in [-0.3, -0.25) is 9.97 Å². The molecule has 2 nitrogen and oxygen atoms in total. The van der Waals surface area contributed by atoms with Crippen LogP contribution in [0.2, 0.25) is 0 Å². The van der Waals surface area contributed by atoms with Crippen LogP contribution in [0.3, 0.4) is 0 Å². The van der Waals surface area contributed by atoms with E-state index in [1.165, 1.54) is 43.8 Å². The standard InChI is InChI=1S/C32H20N2/c1-2-8-25-22(6-1)7-5-11-26(25)23-14-12-21(13-15-23)24-16-17-29-30(20-24)27-9-3-4-10-28(27)31-32(29)34-19-18-33-31/h1-20H. The van der Waals surface area contributed by atoms with Crippen molar-refractivity contribution in [2.24, 2.45) is 0 Å². The van der Waals surface area contributed by atoms with Gasteiger partial charge in [-0.25, -0.2) is 0 Å². The Morgan fingerprint density at radius 2 is 0.971 bits per heavy atom. The molecule has 34 heavy (non-hydrogen) atoms. The number of hydrogen-bond donors (Lipinski definition) is 0. The summed E-state index contributed by atoms with van der Waals surface area (Å²) in [5.41, 5.74) is 6.80. The van der Waals surface area contributed by atoms with Crippen molar-refractivity contribution in [3.63, 3.8) is 0 Å². The van der Waals surface area contributed by atoms with Gasteiger partial charge >= 0.3 is 0 Å². The van der Waals surface area contributed by atoms with Crippen LogP contribution in [0.4, 0.5) is 0 Å². The molecule has 0 aliphatic carbocycles. The summed E-state index contributed by atoms with van der Waals surface area (Å²) >= 11 is 0. The molecule has 0 atom stereocenters. The quantitative estimate of drug-likeness (QED) is 0.256. The number of rotatable bonds is 2. The fourth-order valence-corrected chi connectivity index (χ4v) is 5.13. The minimum absolute atomic E-state index is 0.953. The lowest BCUT2D eigenvalue weighted by Crippen LogP contribution is -1.89. The van der Waals surface area contributed by atoms with Crippen molar-refractivity contribution in [1.29, 1.82) is 0 Å².